The lowest BCUT2D eigenvalue weighted by Gasteiger charge is -2.33. The lowest BCUT2D eigenvalue weighted by atomic mass is 10.1. The summed E-state index contributed by atoms with van der Waals surface area (Å²) >= 11 is 1.56. The van der Waals surface area contributed by atoms with Crippen LogP contribution in [-0.4, -0.2) is 41.2 Å². The summed E-state index contributed by atoms with van der Waals surface area (Å²) in [5.74, 6) is 1.71. The van der Waals surface area contributed by atoms with Crippen molar-refractivity contribution in [2.45, 2.75) is 64.9 Å². The van der Waals surface area contributed by atoms with Crippen LogP contribution in [0, 0.1) is 6.92 Å². The van der Waals surface area contributed by atoms with Crippen molar-refractivity contribution in [2.24, 2.45) is 0 Å². The summed E-state index contributed by atoms with van der Waals surface area (Å²) in [6.07, 6.45) is 0.558. The molecule has 2 amide bonds. The van der Waals surface area contributed by atoms with Crippen molar-refractivity contribution < 1.29 is 14.3 Å². The van der Waals surface area contributed by atoms with E-state index in [0.717, 1.165) is 22.6 Å². The number of amides is 2. The maximum atomic E-state index is 13.3. The van der Waals surface area contributed by atoms with E-state index in [1.54, 1.807) is 23.8 Å². The molecule has 0 aliphatic rings. The van der Waals surface area contributed by atoms with Crippen molar-refractivity contribution in [3.8, 4) is 5.75 Å². The standard InChI is InChI=1S/C26H36N2O3S/c1-7-23(25(30)27-26(3,4)5)28(16-20-10-8-19(2)9-11-20)24(29)18-32-17-21-12-14-22(31-6)15-13-21/h8-15,23H,7,16-18H2,1-6H3,(H,27,30). The predicted octanol–water partition coefficient (Wildman–Crippen LogP) is 4.96. The molecule has 32 heavy (non-hydrogen) atoms. The first-order valence-electron chi connectivity index (χ1n) is 11.0. The molecule has 6 heteroatoms. The third-order valence-corrected chi connectivity index (χ3v) is 6.00. The van der Waals surface area contributed by atoms with Gasteiger partial charge in [0.25, 0.3) is 0 Å². The van der Waals surface area contributed by atoms with E-state index in [9.17, 15) is 9.59 Å². The summed E-state index contributed by atoms with van der Waals surface area (Å²) in [6, 6.07) is 15.5. The Balaban J connectivity index is 2.12. The first-order valence-corrected chi connectivity index (χ1v) is 12.2. The first kappa shape index (κ1) is 25.8. The highest BCUT2D eigenvalue weighted by Gasteiger charge is 2.30. The van der Waals surface area contributed by atoms with E-state index < -0.39 is 6.04 Å². The van der Waals surface area contributed by atoms with Crippen LogP contribution < -0.4 is 10.1 Å². The molecule has 174 valence electrons. The second-order valence-electron chi connectivity index (χ2n) is 9.01. The van der Waals surface area contributed by atoms with Gasteiger partial charge in [-0.2, -0.15) is 0 Å². The van der Waals surface area contributed by atoms with Crippen molar-refractivity contribution in [1.29, 1.82) is 0 Å². The van der Waals surface area contributed by atoms with E-state index in [0.29, 0.717) is 18.7 Å². The molecule has 0 radical (unpaired) electrons. The van der Waals surface area contributed by atoms with Crippen LogP contribution in [0.15, 0.2) is 48.5 Å². The summed E-state index contributed by atoms with van der Waals surface area (Å²) in [4.78, 5) is 28.0. The summed E-state index contributed by atoms with van der Waals surface area (Å²) in [7, 11) is 1.64. The molecule has 1 N–H and O–H groups in total. The van der Waals surface area contributed by atoms with Crippen LogP contribution in [0.1, 0.15) is 50.8 Å². The van der Waals surface area contributed by atoms with Crippen LogP contribution in [0.25, 0.3) is 0 Å². The molecule has 0 heterocycles. The number of methoxy groups -OCH3 is 1. The van der Waals surface area contributed by atoms with Gasteiger partial charge in [-0.1, -0.05) is 48.9 Å². The Morgan fingerprint density at radius 1 is 1.03 bits per heavy atom. The van der Waals surface area contributed by atoms with E-state index >= 15 is 0 Å². The maximum Gasteiger partial charge on any atom is 0.243 e. The predicted molar refractivity (Wildman–Crippen MR) is 133 cm³/mol. The minimum absolute atomic E-state index is 0.0278. The number of ether oxygens (including phenoxy) is 1. The number of thioether (sulfide) groups is 1. The molecule has 5 nitrogen and oxygen atoms in total. The second-order valence-corrected chi connectivity index (χ2v) is 10.00. The van der Waals surface area contributed by atoms with Crippen LogP contribution >= 0.6 is 11.8 Å². The zero-order valence-corrected chi connectivity index (χ0v) is 20.9. The Morgan fingerprint density at radius 2 is 1.62 bits per heavy atom. The normalized spacial score (nSPS) is 12.2. The van der Waals surface area contributed by atoms with Gasteiger partial charge in [-0.15, -0.1) is 11.8 Å². The molecule has 0 aliphatic carbocycles. The maximum absolute atomic E-state index is 13.3. The molecule has 2 aromatic rings. The largest absolute Gasteiger partial charge is 0.497 e. The van der Waals surface area contributed by atoms with Gasteiger partial charge in [0, 0.05) is 17.8 Å². The monoisotopic (exact) mass is 456 g/mol. The third-order valence-electron chi connectivity index (χ3n) is 5.01. The number of nitrogens with one attached hydrogen (secondary N) is 1. The average Bonchev–Trinajstić information content (AvgIpc) is 2.74. The van der Waals surface area contributed by atoms with Gasteiger partial charge in [0.2, 0.25) is 11.8 Å². The summed E-state index contributed by atoms with van der Waals surface area (Å²) in [6.45, 7) is 10.3. The molecule has 0 bridgehead atoms. The van der Waals surface area contributed by atoms with Gasteiger partial charge in [-0.05, 0) is 57.4 Å². The van der Waals surface area contributed by atoms with Gasteiger partial charge in [0.05, 0.1) is 12.9 Å². The molecule has 0 saturated heterocycles. The summed E-state index contributed by atoms with van der Waals surface area (Å²) in [5.41, 5.74) is 2.96. The Labute approximate surface area is 196 Å². The Morgan fingerprint density at radius 3 is 2.16 bits per heavy atom. The fourth-order valence-electron chi connectivity index (χ4n) is 3.32. The zero-order valence-electron chi connectivity index (χ0n) is 20.1. The van der Waals surface area contributed by atoms with Gasteiger partial charge < -0.3 is 15.0 Å². The van der Waals surface area contributed by atoms with Crippen molar-refractivity contribution in [2.75, 3.05) is 12.9 Å². The zero-order chi connectivity index (χ0) is 23.7. The molecule has 0 aliphatic heterocycles. The number of carbonyl (C=O) groups is 2. The molecular weight excluding hydrogens is 420 g/mol. The Kier molecular flexibility index (Phi) is 9.63. The molecule has 1 unspecified atom stereocenters. The molecule has 2 rings (SSSR count). The molecular formula is C26H36N2O3S. The number of nitrogens with zero attached hydrogens (tertiary/aromatic N) is 1. The summed E-state index contributed by atoms with van der Waals surface area (Å²) < 4.78 is 5.20. The van der Waals surface area contributed by atoms with Crippen molar-refractivity contribution >= 4 is 23.6 Å². The third kappa shape index (κ3) is 8.23. The number of benzene rings is 2. The van der Waals surface area contributed by atoms with E-state index in [1.165, 1.54) is 5.56 Å². The number of aryl methyl sites for hydroxylation is 1. The fourth-order valence-corrected chi connectivity index (χ4v) is 4.19. The Bertz CT molecular complexity index is 873. The van der Waals surface area contributed by atoms with Crippen LogP contribution in [0.2, 0.25) is 0 Å². The molecule has 1 atom stereocenters. The fraction of sp³-hybridized carbons (Fsp3) is 0.462. The smallest absolute Gasteiger partial charge is 0.243 e. The molecule has 0 spiro atoms. The quantitative estimate of drug-likeness (QED) is 0.549. The van der Waals surface area contributed by atoms with Gasteiger partial charge in [0.15, 0.2) is 0 Å². The minimum Gasteiger partial charge on any atom is -0.497 e. The van der Waals surface area contributed by atoms with Gasteiger partial charge in [0.1, 0.15) is 11.8 Å². The first-order chi connectivity index (χ1) is 15.1. The van der Waals surface area contributed by atoms with Crippen LogP contribution in [0.5, 0.6) is 5.75 Å². The van der Waals surface area contributed by atoms with Crippen molar-refractivity contribution in [3.05, 3.63) is 65.2 Å². The lowest BCUT2D eigenvalue weighted by molar-refractivity contribution is -0.140. The number of carbonyl (C=O) groups excluding carboxylic acids is 2. The van der Waals surface area contributed by atoms with Crippen molar-refractivity contribution in [3.63, 3.8) is 0 Å². The highest BCUT2D eigenvalue weighted by Crippen LogP contribution is 2.20. The molecule has 0 fully saturated rings. The van der Waals surface area contributed by atoms with Gasteiger partial charge in [-0.3, -0.25) is 9.59 Å². The topological polar surface area (TPSA) is 58.6 Å². The highest BCUT2D eigenvalue weighted by molar-refractivity contribution is 7.99. The summed E-state index contributed by atoms with van der Waals surface area (Å²) in [5, 5.41) is 3.04. The number of rotatable bonds is 10. The molecule has 2 aromatic carbocycles. The number of hydrogen-bond acceptors (Lipinski definition) is 4. The molecule has 0 aromatic heterocycles. The van der Waals surface area contributed by atoms with E-state index in [4.69, 9.17) is 4.74 Å². The van der Waals surface area contributed by atoms with Crippen LogP contribution in [0.3, 0.4) is 0 Å². The highest BCUT2D eigenvalue weighted by atomic mass is 32.2. The van der Waals surface area contributed by atoms with E-state index in [-0.39, 0.29) is 17.4 Å². The minimum atomic E-state index is -0.510. The molecule has 0 saturated carbocycles. The van der Waals surface area contributed by atoms with Crippen LogP contribution in [-0.2, 0) is 21.9 Å². The van der Waals surface area contributed by atoms with Gasteiger partial charge >= 0.3 is 0 Å². The van der Waals surface area contributed by atoms with Gasteiger partial charge in [-0.25, -0.2) is 0 Å². The van der Waals surface area contributed by atoms with Crippen molar-refractivity contribution in [1.82, 2.24) is 10.2 Å². The van der Waals surface area contributed by atoms with Crippen LogP contribution in [0.4, 0.5) is 0 Å². The van der Waals surface area contributed by atoms with E-state index in [2.05, 4.69) is 5.32 Å². The second kappa shape index (κ2) is 12.0. The average molecular weight is 457 g/mol. The van der Waals surface area contributed by atoms with E-state index in [1.807, 2.05) is 83.1 Å². The SMILES string of the molecule is CCC(C(=O)NC(C)(C)C)N(Cc1ccc(C)cc1)C(=O)CSCc1ccc(OC)cc1. The lowest BCUT2D eigenvalue weighted by Crippen LogP contribution is -2.53. The number of hydrogen-bond donors (Lipinski definition) is 1. The Hall–Kier alpha value is -2.47.